The number of alkyl carbamates (subject to hydrolysis) is 1. The first kappa shape index (κ1) is 23.0. The number of ether oxygens (including phenoxy) is 2. The molecule has 0 radical (unpaired) electrons. The second kappa shape index (κ2) is 10.7. The quantitative estimate of drug-likeness (QED) is 0.501. The Labute approximate surface area is 192 Å². The van der Waals surface area contributed by atoms with Crippen molar-refractivity contribution in [1.29, 1.82) is 0 Å². The van der Waals surface area contributed by atoms with E-state index in [1.807, 2.05) is 6.07 Å². The molecule has 2 aliphatic carbocycles. The Morgan fingerprint density at radius 1 is 1.18 bits per heavy atom. The number of aromatic nitrogens is 3. The van der Waals surface area contributed by atoms with Gasteiger partial charge < -0.3 is 25.2 Å². The van der Waals surface area contributed by atoms with E-state index in [0.29, 0.717) is 31.0 Å². The first-order chi connectivity index (χ1) is 16.0. The lowest BCUT2D eigenvalue weighted by Crippen LogP contribution is -2.40. The molecule has 1 unspecified atom stereocenters. The number of aliphatic hydroxyl groups is 1. The van der Waals surface area contributed by atoms with Gasteiger partial charge in [-0.25, -0.2) is 9.78 Å². The van der Waals surface area contributed by atoms with Crippen LogP contribution in [0.15, 0.2) is 24.4 Å². The molecule has 2 heterocycles. The SMILES string of the molecule is COc1cc(CC(=O)Nc2cc([C@@H]3CCC(OC(=O)N[C@H]4CC[C@@H](O)CC4)C3)[nH]n2)ccn1. The number of pyridine rings is 1. The summed E-state index contributed by atoms with van der Waals surface area (Å²) in [6.07, 6.45) is 6.37. The minimum Gasteiger partial charge on any atom is -0.481 e. The molecule has 0 spiro atoms. The number of amides is 2. The van der Waals surface area contributed by atoms with Crippen LogP contribution in [0.3, 0.4) is 0 Å². The van der Waals surface area contributed by atoms with Gasteiger partial charge >= 0.3 is 6.09 Å². The summed E-state index contributed by atoms with van der Waals surface area (Å²) < 4.78 is 10.7. The molecule has 2 amide bonds. The van der Waals surface area contributed by atoms with E-state index in [4.69, 9.17) is 9.47 Å². The van der Waals surface area contributed by atoms with Crippen molar-refractivity contribution >= 4 is 17.8 Å². The van der Waals surface area contributed by atoms with E-state index in [1.54, 1.807) is 18.3 Å². The number of carbonyl (C=O) groups is 2. The van der Waals surface area contributed by atoms with E-state index in [9.17, 15) is 14.7 Å². The molecule has 0 aliphatic heterocycles. The standard InChI is InChI=1S/C23H31N5O5/c1-32-22-11-14(8-9-24-22)10-21(30)26-20-13-19(27-28-20)15-2-7-18(12-15)33-23(31)25-16-3-5-17(29)6-4-16/h8-9,11,13,15-18,29H,2-7,10,12H2,1H3,(H,25,31)(H2,26,27,28,30)/t15-,16-,17+,18?/m1/s1. The van der Waals surface area contributed by atoms with Gasteiger partial charge in [-0.3, -0.25) is 9.89 Å². The molecular weight excluding hydrogens is 426 g/mol. The Balaban J connectivity index is 1.22. The molecule has 178 valence electrons. The Hall–Kier alpha value is -3.14. The zero-order chi connectivity index (χ0) is 23.2. The number of rotatable bonds is 7. The number of anilines is 1. The Morgan fingerprint density at radius 3 is 2.79 bits per heavy atom. The van der Waals surface area contributed by atoms with Crippen LogP contribution in [0.4, 0.5) is 10.6 Å². The number of hydrogen-bond donors (Lipinski definition) is 4. The second-order valence-electron chi connectivity index (χ2n) is 8.83. The summed E-state index contributed by atoms with van der Waals surface area (Å²) in [5.41, 5.74) is 1.72. The van der Waals surface area contributed by atoms with Crippen molar-refractivity contribution in [2.24, 2.45) is 0 Å². The molecular formula is C23H31N5O5. The lowest BCUT2D eigenvalue weighted by atomic mass is 9.93. The fraction of sp³-hybridized carbons (Fsp3) is 0.565. The van der Waals surface area contributed by atoms with Crippen LogP contribution in [0.25, 0.3) is 0 Å². The topological polar surface area (TPSA) is 138 Å². The van der Waals surface area contributed by atoms with E-state index in [1.165, 1.54) is 7.11 Å². The fourth-order valence-corrected chi connectivity index (χ4v) is 4.56. The highest BCUT2D eigenvalue weighted by Gasteiger charge is 2.31. The van der Waals surface area contributed by atoms with Gasteiger partial charge in [-0.15, -0.1) is 0 Å². The Bertz CT molecular complexity index is 956. The summed E-state index contributed by atoms with van der Waals surface area (Å²) in [4.78, 5) is 28.6. The van der Waals surface area contributed by atoms with Crippen LogP contribution in [0.2, 0.25) is 0 Å². The second-order valence-corrected chi connectivity index (χ2v) is 8.83. The number of aliphatic hydroxyl groups excluding tert-OH is 1. The van der Waals surface area contributed by atoms with Gasteiger partial charge in [0.05, 0.1) is 19.6 Å². The minimum absolute atomic E-state index is 0.0742. The molecule has 0 bridgehead atoms. The summed E-state index contributed by atoms with van der Waals surface area (Å²) in [6, 6.07) is 5.41. The zero-order valence-electron chi connectivity index (χ0n) is 18.8. The summed E-state index contributed by atoms with van der Waals surface area (Å²) in [7, 11) is 1.53. The van der Waals surface area contributed by atoms with Crippen molar-refractivity contribution in [3.8, 4) is 5.88 Å². The van der Waals surface area contributed by atoms with Gasteiger partial charge in [0.15, 0.2) is 5.82 Å². The van der Waals surface area contributed by atoms with Crippen molar-refractivity contribution < 1.29 is 24.2 Å². The number of H-pyrrole nitrogens is 1. The normalized spacial score (nSPS) is 24.8. The lowest BCUT2D eigenvalue weighted by molar-refractivity contribution is -0.115. The highest BCUT2D eigenvalue weighted by Crippen LogP contribution is 2.36. The summed E-state index contributed by atoms with van der Waals surface area (Å²) >= 11 is 0. The molecule has 2 aromatic heterocycles. The van der Waals surface area contributed by atoms with Crippen LogP contribution >= 0.6 is 0 Å². The largest absolute Gasteiger partial charge is 0.481 e. The number of nitrogens with one attached hydrogen (secondary N) is 3. The number of hydrogen-bond acceptors (Lipinski definition) is 7. The van der Waals surface area contributed by atoms with Crippen molar-refractivity contribution in [3.05, 3.63) is 35.7 Å². The molecule has 4 rings (SSSR count). The molecule has 10 nitrogen and oxygen atoms in total. The first-order valence-corrected chi connectivity index (χ1v) is 11.5. The van der Waals surface area contributed by atoms with Crippen LogP contribution in [-0.2, 0) is 16.0 Å². The van der Waals surface area contributed by atoms with Gasteiger partial charge in [0.25, 0.3) is 0 Å². The van der Waals surface area contributed by atoms with Crippen molar-refractivity contribution in [2.45, 2.75) is 75.5 Å². The van der Waals surface area contributed by atoms with E-state index in [2.05, 4.69) is 25.8 Å². The smallest absolute Gasteiger partial charge is 0.407 e. The van der Waals surface area contributed by atoms with Gasteiger partial charge in [-0.05, 0) is 56.6 Å². The molecule has 2 saturated carbocycles. The molecule has 33 heavy (non-hydrogen) atoms. The maximum absolute atomic E-state index is 12.4. The van der Waals surface area contributed by atoms with Crippen LogP contribution in [0, 0.1) is 0 Å². The number of aromatic amines is 1. The van der Waals surface area contributed by atoms with Crippen molar-refractivity contribution in [1.82, 2.24) is 20.5 Å². The maximum Gasteiger partial charge on any atom is 0.407 e. The average Bonchev–Trinajstić information content (AvgIpc) is 3.45. The molecule has 0 saturated heterocycles. The number of carbonyl (C=O) groups excluding carboxylic acids is 2. The van der Waals surface area contributed by atoms with Gasteiger partial charge in [-0.1, -0.05) is 0 Å². The summed E-state index contributed by atoms with van der Waals surface area (Å²) in [5.74, 6) is 0.945. The molecule has 4 N–H and O–H groups in total. The summed E-state index contributed by atoms with van der Waals surface area (Å²) in [6.45, 7) is 0. The van der Waals surface area contributed by atoms with E-state index >= 15 is 0 Å². The molecule has 10 heteroatoms. The minimum atomic E-state index is -0.382. The fourth-order valence-electron chi connectivity index (χ4n) is 4.56. The lowest BCUT2D eigenvalue weighted by Gasteiger charge is -2.26. The van der Waals surface area contributed by atoms with Crippen LogP contribution in [-0.4, -0.2) is 57.6 Å². The molecule has 2 aliphatic rings. The van der Waals surface area contributed by atoms with Crippen molar-refractivity contribution in [3.63, 3.8) is 0 Å². The molecule has 2 aromatic rings. The van der Waals surface area contributed by atoms with E-state index in [-0.39, 0.29) is 42.6 Å². The first-order valence-electron chi connectivity index (χ1n) is 11.5. The predicted molar refractivity (Wildman–Crippen MR) is 120 cm³/mol. The predicted octanol–water partition coefficient (Wildman–Crippen LogP) is 2.66. The Morgan fingerprint density at radius 2 is 2.00 bits per heavy atom. The monoisotopic (exact) mass is 457 g/mol. The highest BCUT2D eigenvalue weighted by molar-refractivity contribution is 5.91. The van der Waals surface area contributed by atoms with Gasteiger partial charge in [0.2, 0.25) is 11.8 Å². The highest BCUT2D eigenvalue weighted by atomic mass is 16.6. The van der Waals surface area contributed by atoms with Crippen LogP contribution in [0.1, 0.15) is 62.1 Å². The maximum atomic E-state index is 12.4. The molecule has 2 fully saturated rings. The van der Waals surface area contributed by atoms with E-state index < -0.39 is 0 Å². The van der Waals surface area contributed by atoms with E-state index in [0.717, 1.165) is 36.9 Å². The van der Waals surface area contributed by atoms with Gasteiger partial charge in [-0.2, -0.15) is 5.10 Å². The molecule has 0 aromatic carbocycles. The molecule has 2 atom stereocenters. The number of nitrogens with zero attached hydrogens (tertiary/aromatic N) is 2. The summed E-state index contributed by atoms with van der Waals surface area (Å²) in [5, 5.41) is 22.5. The van der Waals surface area contributed by atoms with Gasteiger partial charge in [0, 0.05) is 36.0 Å². The number of methoxy groups -OCH3 is 1. The Kier molecular flexibility index (Phi) is 7.43. The third-order valence-corrected chi connectivity index (χ3v) is 6.35. The third kappa shape index (κ3) is 6.44. The van der Waals surface area contributed by atoms with Crippen LogP contribution < -0.4 is 15.4 Å². The zero-order valence-corrected chi connectivity index (χ0v) is 18.8. The average molecular weight is 458 g/mol. The van der Waals surface area contributed by atoms with Crippen molar-refractivity contribution in [2.75, 3.05) is 12.4 Å². The van der Waals surface area contributed by atoms with Crippen LogP contribution in [0.5, 0.6) is 5.88 Å². The van der Waals surface area contributed by atoms with Gasteiger partial charge in [0.1, 0.15) is 6.10 Å². The third-order valence-electron chi connectivity index (χ3n) is 6.35.